The summed E-state index contributed by atoms with van der Waals surface area (Å²) in [6.45, 7) is 4.42. The van der Waals surface area contributed by atoms with Gasteiger partial charge in [-0.1, -0.05) is 239 Å². The zero-order valence-corrected chi connectivity index (χ0v) is 51.7. The summed E-state index contributed by atoms with van der Waals surface area (Å²) in [5, 5.41) is 9.84. The fourth-order valence-electron chi connectivity index (χ4n) is 8.35. The van der Waals surface area contributed by atoms with E-state index in [4.69, 9.17) is 23.3 Å². The van der Waals surface area contributed by atoms with E-state index in [1.165, 1.54) is 103 Å². The molecule has 12 heteroatoms. The third kappa shape index (κ3) is 58.8. The first-order valence-electron chi connectivity index (χ1n) is 31.8. The van der Waals surface area contributed by atoms with E-state index in [0.717, 1.165) is 103 Å². The zero-order valence-electron chi connectivity index (χ0n) is 50.8. The van der Waals surface area contributed by atoms with E-state index in [-0.39, 0.29) is 25.9 Å². The molecule has 0 aromatic rings. The van der Waals surface area contributed by atoms with Crippen molar-refractivity contribution in [2.75, 3.05) is 26.4 Å². The SMILES string of the molecule is CC/C=C\C/C=C\C/C=C\C/C=C\C/C=C\C/C=C\CCC(=O)OCC(COP(=O)(O)OCC(CO)OC(=O)CCCCCCC/C=C\C/C=C\CCCCC)OC(=O)CCCCCCCCCCC/C=C\CCCCCCCC. The average Bonchev–Trinajstić information content (AvgIpc) is 3.45. The molecule has 2 N–H and O–H groups in total. The Morgan fingerprint density at radius 1 is 0.362 bits per heavy atom. The van der Waals surface area contributed by atoms with Crippen LogP contribution in [0.3, 0.4) is 0 Å². The van der Waals surface area contributed by atoms with Gasteiger partial charge in [-0.05, 0) is 116 Å². The van der Waals surface area contributed by atoms with E-state index in [2.05, 4.69) is 118 Å². The number of hydrogen-bond donors (Lipinski definition) is 2. The third-order valence-corrected chi connectivity index (χ3v) is 14.1. The zero-order chi connectivity index (χ0) is 58.3. The molecule has 0 radical (unpaired) electrons. The Hall–Kier alpha value is -3.86. The predicted octanol–water partition coefficient (Wildman–Crippen LogP) is 19.4. The summed E-state index contributed by atoms with van der Waals surface area (Å²) >= 11 is 0. The van der Waals surface area contributed by atoms with E-state index in [1.807, 2.05) is 12.2 Å². The molecular weight excluding hydrogens is 1020 g/mol. The number of carbonyl (C=O) groups is 3. The molecule has 3 atom stereocenters. The van der Waals surface area contributed by atoms with Crippen molar-refractivity contribution >= 4 is 25.7 Å². The lowest BCUT2D eigenvalue weighted by atomic mass is 10.1. The number of carbonyl (C=O) groups excluding carboxylic acids is 3. The molecule has 458 valence electrons. The van der Waals surface area contributed by atoms with Crippen LogP contribution in [-0.2, 0) is 42.2 Å². The minimum atomic E-state index is -4.78. The maximum atomic E-state index is 13.0. The second-order valence-corrected chi connectivity index (χ2v) is 22.3. The number of aliphatic hydroxyl groups is 1. The van der Waals surface area contributed by atoms with Crippen LogP contribution in [0.25, 0.3) is 0 Å². The normalized spacial score (nSPS) is 14.0. The molecule has 0 aliphatic carbocycles. The number of hydrogen-bond acceptors (Lipinski definition) is 10. The number of ether oxygens (including phenoxy) is 3. The van der Waals surface area contributed by atoms with E-state index < -0.39 is 57.8 Å². The Morgan fingerprint density at radius 3 is 1.09 bits per heavy atom. The Kier molecular flexibility index (Phi) is 58.3. The molecule has 0 rings (SSSR count). The Bertz CT molecular complexity index is 1760. The summed E-state index contributed by atoms with van der Waals surface area (Å²) in [5.41, 5.74) is 0. The highest BCUT2D eigenvalue weighted by molar-refractivity contribution is 7.47. The van der Waals surface area contributed by atoms with Gasteiger partial charge in [-0.15, -0.1) is 0 Å². The summed E-state index contributed by atoms with van der Waals surface area (Å²) in [4.78, 5) is 48.7. The molecule has 0 aromatic heterocycles. The molecule has 0 heterocycles. The van der Waals surface area contributed by atoms with Crippen LogP contribution in [0.4, 0.5) is 0 Å². The maximum absolute atomic E-state index is 13.0. The van der Waals surface area contributed by atoms with Crippen LogP contribution >= 0.6 is 7.82 Å². The van der Waals surface area contributed by atoms with Crippen LogP contribution in [0.15, 0.2) is 109 Å². The highest BCUT2D eigenvalue weighted by Gasteiger charge is 2.28. The average molecular weight is 1140 g/mol. The van der Waals surface area contributed by atoms with Crippen molar-refractivity contribution < 1.29 is 52.2 Å². The Morgan fingerprint density at radius 2 is 0.675 bits per heavy atom. The van der Waals surface area contributed by atoms with Gasteiger partial charge in [-0.2, -0.15) is 0 Å². The lowest BCUT2D eigenvalue weighted by molar-refractivity contribution is -0.161. The summed E-state index contributed by atoms with van der Waals surface area (Å²) in [6, 6.07) is 0. The van der Waals surface area contributed by atoms with Crippen molar-refractivity contribution in [2.45, 2.75) is 277 Å². The first-order valence-corrected chi connectivity index (χ1v) is 33.3. The van der Waals surface area contributed by atoms with Gasteiger partial charge in [-0.3, -0.25) is 23.4 Å². The maximum Gasteiger partial charge on any atom is 0.472 e. The van der Waals surface area contributed by atoms with Crippen molar-refractivity contribution in [1.82, 2.24) is 0 Å². The molecule has 3 unspecified atom stereocenters. The van der Waals surface area contributed by atoms with Gasteiger partial charge in [0.05, 0.1) is 19.8 Å². The van der Waals surface area contributed by atoms with Gasteiger partial charge in [0.15, 0.2) is 6.10 Å². The van der Waals surface area contributed by atoms with E-state index in [9.17, 15) is 28.9 Å². The molecule has 0 spiro atoms. The first-order chi connectivity index (χ1) is 39.2. The molecule has 0 amide bonds. The highest BCUT2D eigenvalue weighted by Crippen LogP contribution is 2.43. The Labute approximate surface area is 488 Å². The number of phosphoric acid groups is 1. The fraction of sp³-hybridized carbons (Fsp3) is 0.691. The predicted molar refractivity (Wildman–Crippen MR) is 334 cm³/mol. The quantitative estimate of drug-likeness (QED) is 0.0197. The second-order valence-electron chi connectivity index (χ2n) is 20.8. The van der Waals surface area contributed by atoms with E-state index in [1.54, 1.807) is 0 Å². The van der Waals surface area contributed by atoms with Crippen molar-refractivity contribution in [3.63, 3.8) is 0 Å². The number of aliphatic hydroxyl groups excluding tert-OH is 1. The van der Waals surface area contributed by atoms with Gasteiger partial charge in [0.1, 0.15) is 12.7 Å². The van der Waals surface area contributed by atoms with Crippen molar-refractivity contribution in [2.24, 2.45) is 0 Å². The van der Waals surface area contributed by atoms with E-state index >= 15 is 0 Å². The number of esters is 3. The van der Waals surface area contributed by atoms with Crippen molar-refractivity contribution in [1.29, 1.82) is 0 Å². The largest absolute Gasteiger partial charge is 0.472 e. The topological polar surface area (TPSA) is 155 Å². The van der Waals surface area contributed by atoms with Gasteiger partial charge in [0.2, 0.25) is 0 Å². The molecule has 0 saturated carbocycles. The van der Waals surface area contributed by atoms with Crippen LogP contribution in [0.1, 0.15) is 265 Å². The lowest BCUT2D eigenvalue weighted by Crippen LogP contribution is -2.30. The molecule has 0 aliphatic rings. The Balaban J connectivity index is 4.83. The standard InChI is InChI=1S/C68H115O11P/c1-4-7-10-13-16-19-22-25-28-30-32-34-37-39-42-45-48-51-54-57-66(70)75-61-65(79-68(72)59-56-53-50-47-44-41-38-35-33-31-29-26-23-20-17-14-11-8-5-2)63-77-80(73,74)76-62-64(60-69)78-67(71)58-55-52-49-46-43-40-36-27-24-21-18-15-12-9-6-3/h7,10,16,18-19,21,25-29,32,34,36,39,42,48,51,64-65,69H,4-6,8-9,11-15,17,20,22-24,30-31,33,35,37-38,40-41,43-47,49-50,52-63H2,1-3H3,(H,73,74)/b10-7-,19-16-,21-18-,28-25-,29-26-,34-32-,36-27-,42-39-,51-48-. The van der Waals surface area contributed by atoms with Crippen LogP contribution in [0.2, 0.25) is 0 Å². The number of rotatable bonds is 58. The van der Waals surface area contributed by atoms with Crippen molar-refractivity contribution in [3.8, 4) is 0 Å². The molecule has 0 aliphatic heterocycles. The molecule has 0 fully saturated rings. The van der Waals surface area contributed by atoms with Crippen LogP contribution in [0, 0.1) is 0 Å². The number of allylic oxidation sites excluding steroid dienone is 18. The number of unbranched alkanes of at least 4 members (excludes halogenated alkanes) is 23. The van der Waals surface area contributed by atoms with Gasteiger partial charge in [0.25, 0.3) is 0 Å². The minimum Gasteiger partial charge on any atom is -0.462 e. The summed E-state index contributed by atoms with van der Waals surface area (Å²) in [5.74, 6) is -1.58. The van der Waals surface area contributed by atoms with Crippen LogP contribution < -0.4 is 0 Å². The van der Waals surface area contributed by atoms with Crippen LogP contribution in [0.5, 0.6) is 0 Å². The third-order valence-electron chi connectivity index (χ3n) is 13.2. The summed E-state index contributed by atoms with van der Waals surface area (Å²) in [7, 11) is -4.78. The smallest absolute Gasteiger partial charge is 0.462 e. The van der Waals surface area contributed by atoms with Crippen LogP contribution in [-0.4, -0.2) is 66.5 Å². The summed E-state index contributed by atoms with van der Waals surface area (Å²) in [6.07, 6.45) is 74.8. The molecule has 0 aromatic carbocycles. The van der Waals surface area contributed by atoms with Gasteiger partial charge >= 0.3 is 25.7 Å². The summed E-state index contributed by atoms with van der Waals surface area (Å²) < 4.78 is 39.6. The molecular formula is C68H115O11P. The first kappa shape index (κ1) is 76.1. The van der Waals surface area contributed by atoms with Gasteiger partial charge in [-0.25, -0.2) is 4.57 Å². The minimum absolute atomic E-state index is 0.0961. The fourth-order valence-corrected chi connectivity index (χ4v) is 9.13. The molecule has 0 saturated heterocycles. The lowest BCUT2D eigenvalue weighted by Gasteiger charge is -2.21. The highest BCUT2D eigenvalue weighted by atomic mass is 31.2. The van der Waals surface area contributed by atoms with Gasteiger partial charge < -0.3 is 24.2 Å². The monoisotopic (exact) mass is 1140 g/mol. The molecule has 80 heavy (non-hydrogen) atoms. The van der Waals surface area contributed by atoms with Crippen molar-refractivity contribution in [3.05, 3.63) is 109 Å². The van der Waals surface area contributed by atoms with E-state index in [0.29, 0.717) is 19.3 Å². The molecule has 0 bridgehead atoms. The van der Waals surface area contributed by atoms with Gasteiger partial charge in [0, 0.05) is 19.3 Å². The number of phosphoric ester groups is 1. The second kappa shape index (κ2) is 61.2. The molecule has 11 nitrogen and oxygen atoms in total.